The number of amides is 2. The Morgan fingerprint density at radius 3 is 2.53 bits per heavy atom. The van der Waals surface area contributed by atoms with Crippen LogP contribution in [-0.4, -0.2) is 43.0 Å². The molecule has 0 saturated heterocycles. The van der Waals surface area contributed by atoms with E-state index in [1.807, 2.05) is 25.1 Å². The summed E-state index contributed by atoms with van der Waals surface area (Å²) in [5.74, 6) is 0.887. The monoisotopic (exact) mass is 485 g/mol. The largest absolute Gasteiger partial charge is 0.458 e. The van der Waals surface area contributed by atoms with Crippen LogP contribution in [0.5, 0.6) is 0 Å². The number of pyridine rings is 1. The van der Waals surface area contributed by atoms with Crippen molar-refractivity contribution in [2.45, 2.75) is 51.2 Å². The lowest BCUT2D eigenvalue weighted by Crippen LogP contribution is -2.47. The Balaban J connectivity index is 1.47. The summed E-state index contributed by atoms with van der Waals surface area (Å²) in [4.78, 5) is 34.3. The number of furan rings is 1. The smallest absolute Gasteiger partial charge is 0.251 e. The summed E-state index contributed by atoms with van der Waals surface area (Å²) in [6.07, 6.45) is 7.28. The zero-order chi connectivity index (χ0) is 24.9. The van der Waals surface area contributed by atoms with Crippen LogP contribution in [0.15, 0.2) is 71.4 Å². The van der Waals surface area contributed by atoms with Crippen molar-refractivity contribution in [3.05, 3.63) is 78.3 Å². The molecule has 0 unspecified atom stereocenters. The summed E-state index contributed by atoms with van der Waals surface area (Å²) in [6, 6.07) is 15.4. The average Bonchev–Trinajstić information content (AvgIpc) is 3.66. The summed E-state index contributed by atoms with van der Waals surface area (Å²) in [7, 11) is 0. The van der Waals surface area contributed by atoms with Gasteiger partial charge in [0.2, 0.25) is 11.7 Å². The molecule has 0 radical (unpaired) electrons. The van der Waals surface area contributed by atoms with E-state index in [9.17, 15) is 9.59 Å². The lowest BCUT2D eigenvalue weighted by atomic mass is 10.0. The fourth-order valence-corrected chi connectivity index (χ4v) is 4.50. The van der Waals surface area contributed by atoms with E-state index in [0.717, 1.165) is 31.4 Å². The summed E-state index contributed by atoms with van der Waals surface area (Å²) < 4.78 is 5.56. The number of para-hydroxylation sites is 1. The van der Waals surface area contributed by atoms with Gasteiger partial charge in [-0.05, 0) is 66.9 Å². The van der Waals surface area contributed by atoms with Gasteiger partial charge in [-0.15, -0.1) is 10.2 Å². The number of anilines is 1. The van der Waals surface area contributed by atoms with E-state index in [4.69, 9.17) is 4.42 Å². The van der Waals surface area contributed by atoms with Crippen LogP contribution < -0.4 is 10.2 Å². The van der Waals surface area contributed by atoms with Gasteiger partial charge in [0.05, 0.1) is 0 Å². The Labute approximate surface area is 208 Å². The molecular weight excluding hydrogens is 458 g/mol. The maximum atomic E-state index is 13.8. The summed E-state index contributed by atoms with van der Waals surface area (Å²) >= 11 is 0. The van der Waals surface area contributed by atoms with Gasteiger partial charge in [0, 0.05) is 24.1 Å². The van der Waals surface area contributed by atoms with Gasteiger partial charge in [-0.3, -0.25) is 19.5 Å². The Morgan fingerprint density at radius 1 is 1.08 bits per heavy atom. The van der Waals surface area contributed by atoms with Crippen LogP contribution >= 0.6 is 0 Å². The van der Waals surface area contributed by atoms with Crippen molar-refractivity contribution in [2.75, 3.05) is 4.90 Å². The number of nitrogens with zero attached hydrogens (tertiary/aromatic N) is 6. The molecular formula is C26H27N7O3. The third kappa shape index (κ3) is 5.17. The summed E-state index contributed by atoms with van der Waals surface area (Å²) in [6.45, 7) is 1.62. The number of tetrazole rings is 1. The van der Waals surface area contributed by atoms with Crippen molar-refractivity contribution >= 4 is 17.5 Å². The second kappa shape index (κ2) is 10.5. The zero-order valence-electron chi connectivity index (χ0n) is 19.9. The fraction of sp³-hybridized carbons (Fsp3) is 0.308. The Hall–Kier alpha value is -4.34. The molecule has 1 fully saturated rings. The first-order valence-corrected chi connectivity index (χ1v) is 12.0. The number of aryl methyl sites for hydroxylation is 1. The molecule has 5 rings (SSSR count). The SMILES string of the molecule is Cc1ccc(-c2nnn(CC(=O)N(c3ccccc3)[C@@H](C(=O)NC3CCCC3)c3ccncc3)n2)o1. The zero-order valence-corrected chi connectivity index (χ0v) is 19.9. The highest BCUT2D eigenvalue weighted by Crippen LogP contribution is 2.29. The number of nitrogens with one attached hydrogen (secondary N) is 1. The van der Waals surface area contributed by atoms with Gasteiger partial charge >= 0.3 is 0 Å². The molecule has 0 aliphatic heterocycles. The van der Waals surface area contributed by atoms with Gasteiger partial charge in [-0.25, -0.2) is 0 Å². The number of aromatic nitrogens is 5. The van der Waals surface area contributed by atoms with E-state index in [0.29, 0.717) is 17.0 Å². The normalized spacial score (nSPS) is 14.5. The van der Waals surface area contributed by atoms with Crippen LogP contribution in [-0.2, 0) is 16.1 Å². The van der Waals surface area contributed by atoms with Gasteiger partial charge in [-0.1, -0.05) is 31.0 Å². The number of benzene rings is 1. The third-order valence-corrected chi connectivity index (χ3v) is 6.22. The van der Waals surface area contributed by atoms with E-state index in [2.05, 4.69) is 25.7 Å². The molecule has 1 atom stereocenters. The quantitative estimate of drug-likeness (QED) is 0.406. The predicted molar refractivity (Wildman–Crippen MR) is 132 cm³/mol. The summed E-state index contributed by atoms with van der Waals surface area (Å²) in [5, 5.41) is 15.5. The van der Waals surface area contributed by atoms with Crippen molar-refractivity contribution in [3.63, 3.8) is 0 Å². The molecule has 0 bridgehead atoms. The Bertz CT molecular complexity index is 1310. The molecule has 2 amide bonds. The molecule has 184 valence electrons. The molecule has 0 spiro atoms. The molecule has 3 aromatic heterocycles. The topological polar surface area (TPSA) is 119 Å². The molecule has 4 aromatic rings. The minimum absolute atomic E-state index is 0.103. The fourth-order valence-electron chi connectivity index (χ4n) is 4.50. The second-order valence-corrected chi connectivity index (χ2v) is 8.83. The molecule has 36 heavy (non-hydrogen) atoms. The molecule has 3 heterocycles. The number of carbonyl (C=O) groups excluding carboxylic acids is 2. The highest BCUT2D eigenvalue weighted by atomic mass is 16.3. The Morgan fingerprint density at radius 2 is 1.83 bits per heavy atom. The molecule has 1 N–H and O–H groups in total. The minimum atomic E-state index is -0.890. The maximum Gasteiger partial charge on any atom is 0.251 e. The van der Waals surface area contributed by atoms with Crippen molar-refractivity contribution in [1.29, 1.82) is 0 Å². The van der Waals surface area contributed by atoms with Gasteiger partial charge in [0.1, 0.15) is 18.3 Å². The van der Waals surface area contributed by atoms with E-state index in [1.165, 1.54) is 9.70 Å². The van der Waals surface area contributed by atoms with Crippen molar-refractivity contribution in [3.8, 4) is 11.6 Å². The standard InChI is InChI=1S/C26H27N7O3/c1-18-11-12-22(36-18)25-29-31-32(30-25)17-23(34)33(21-9-3-2-4-10-21)24(19-13-15-27-16-14-19)26(35)28-20-7-5-6-8-20/h2-4,9-16,20,24H,5-8,17H2,1H3,(H,28,35)/t24-/m1/s1. The molecule has 1 saturated carbocycles. The molecule has 10 heteroatoms. The molecule has 1 aliphatic rings. The first-order valence-electron chi connectivity index (χ1n) is 12.0. The van der Waals surface area contributed by atoms with E-state index < -0.39 is 6.04 Å². The molecule has 10 nitrogen and oxygen atoms in total. The van der Waals surface area contributed by atoms with Crippen LogP contribution in [0.4, 0.5) is 5.69 Å². The van der Waals surface area contributed by atoms with Crippen LogP contribution in [0.25, 0.3) is 11.6 Å². The van der Waals surface area contributed by atoms with Crippen LogP contribution in [0.2, 0.25) is 0 Å². The Kier molecular flexibility index (Phi) is 6.83. The van der Waals surface area contributed by atoms with Gasteiger partial charge in [-0.2, -0.15) is 4.80 Å². The van der Waals surface area contributed by atoms with Crippen molar-refractivity contribution in [2.24, 2.45) is 0 Å². The number of carbonyl (C=O) groups is 2. The first-order chi connectivity index (χ1) is 17.6. The second-order valence-electron chi connectivity index (χ2n) is 8.83. The van der Waals surface area contributed by atoms with Crippen LogP contribution in [0.1, 0.15) is 43.0 Å². The molecule has 1 aromatic carbocycles. The van der Waals surface area contributed by atoms with E-state index >= 15 is 0 Å². The first kappa shape index (κ1) is 23.4. The minimum Gasteiger partial charge on any atom is -0.458 e. The van der Waals surface area contributed by atoms with Crippen molar-refractivity contribution < 1.29 is 14.0 Å². The van der Waals surface area contributed by atoms with Crippen LogP contribution in [0.3, 0.4) is 0 Å². The number of hydrogen-bond acceptors (Lipinski definition) is 7. The number of hydrogen-bond donors (Lipinski definition) is 1. The highest BCUT2D eigenvalue weighted by Gasteiger charge is 2.34. The molecule has 1 aliphatic carbocycles. The van der Waals surface area contributed by atoms with E-state index in [1.54, 1.807) is 48.8 Å². The summed E-state index contributed by atoms with van der Waals surface area (Å²) in [5.41, 5.74) is 1.25. The number of rotatable bonds is 8. The maximum absolute atomic E-state index is 13.8. The van der Waals surface area contributed by atoms with Crippen LogP contribution in [0, 0.1) is 6.92 Å². The third-order valence-electron chi connectivity index (χ3n) is 6.22. The average molecular weight is 486 g/mol. The van der Waals surface area contributed by atoms with Gasteiger partial charge < -0.3 is 9.73 Å². The lowest BCUT2D eigenvalue weighted by Gasteiger charge is -2.32. The van der Waals surface area contributed by atoms with Gasteiger partial charge in [0.15, 0.2) is 5.76 Å². The van der Waals surface area contributed by atoms with Crippen molar-refractivity contribution in [1.82, 2.24) is 30.5 Å². The van der Waals surface area contributed by atoms with E-state index in [-0.39, 0.29) is 30.2 Å². The highest BCUT2D eigenvalue weighted by molar-refractivity contribution is 6.01. The predicted octanol–water partition coefficient (Wildman–Crippen LogP) is 3.47. The van der Waals surface area contributed by atoms with Gasteiger partial charge in [0.25, 0.3) is 5.91 Å². The lowest BCUT2D eigenvalue weighted by molar-refractivity contribution is -0.127.